The number of nitriles is 1. The summed E-state index contributed by atoms with van der Waals surface area (Å²) < 4.78 is 0. The predicted octanol–water partition coefficient (Wildman–Crippen LogP) is 3.69. The van der Waals surface area contributed by atoms with Crippen LogP contribution in [-0.2, 0) is 12.8 Å². The van der Waals surface area contributed by atoms with Crippen LogP contribution in [0.15, 0.2) is 42.5 Å². The maximum atomic E-state index is 12.3. The summed E-state index contributed by atoms with van der Waals surface area (Å²) in [6.07, 6.45) is 4.52. The third-order valence-electron chi connectivity index (χ3n) is 3.92. The Morgan fingerprint density at radius 3 is 2.57 bits per heavy atom. The van der Waals surface area contributed by atoms with Crippen molar-refractivity contribution in [3.05, 3.63) is 64.7 Å². The number of carbonyl (C=O) groups excluding carboxylic acids is 1. The zero-order valence-corrected chi connectivity index (χ0v) is 11.7. The largest absolute Gasteiger partial charge is 0.322 e. The van der Waals surface area contributed by atoms with Gasteiger partial charge in [-0.1, -0.05) is 12.1 Å². The van der Waals surface area contributed by atoms with Crippen LogP contribution in [0.25, 0.3) is 0 Å². The lowest BCUT2D eigenvalue weighted by atomic mass is 9.90. The zero-order chi connectivity index (χ0) is 14.7. The smallest absolute Gasteiger partial charge is 0.255 e. The molecule has 0 unspecified atom stereocenters. The van der Waals surface area contributed by atoms with Gasteiger partial charge >= 0.3 is 0 Å². The van der Waals surface area contributed by atoms with E-state index >= 15 is 0 Å². The van der Waals surface area contributed by atoms with Crippen LogP contribution in [-0.4, -0.2) is 5.91 Å². The summed E-state index contributed by atoms with van der Waals surface area (Å²) in [5.41, 5.74) is 4.66. The van der Waals surface area contributed by atoms with E-state index in [4.69, 9.17) is 5.26 Å². The molecule has 1 aliphatic carbocycles. The van der Waals surface area contributed by atoms with E-state index in [2.05, 4.69) is 17.5 Å². The molecule has 0 radical (unpaired) electrons. The summed E-state index contributed by atoms with van der Waals surface area (Å²) in [5.74, 6) is -0.126. The molecule has 0 fully saturated rings. The van der Waals surface area contributed by atoms with Gasteiger partial charge in [0.25, 0.3) is 5.91 Å². The molecule has 1 amide bonds. The van der Waals surface area contributed by atoms with Gasteiger partial charge in [-0.05, 0) is 67.1 Å². The fourth-order valence-electron chi connectivity index (χ4n) is 2.79. The van der Waals surface area contributed by atoms with Gasteiger partial charge in [-0.2, -0.15) is 5.26 Å². The highest BCUT2D eigenvalue weighted by Crippen LogP contribution is 2.28. The Morgan fingerprint density at radius 2 is 1.81 bits per heavy atom. The highest BCUT2D eigenvalue weighted by Gasteiger charge is 2.15. The quantitative estimate of drug-likeness (QED) is 0.909. The first-order valence-electron chi connectivity index (χ1n) is 7.20. The molecule has 0 atom stereocenters. The molecule has 3 nitrogen and oxygen atoms in total. The van der Waals surface area contributed by atoms with Gasteiger partial charge in [0.05, 0.1) is 11.6 Å². The Balaban J connectivity index is 1.83. The number of hydrogen-bond acceptors (Lipinski definition) is 2. The molecule has 21 heavy (non-hydrogen) atoms. The lowest BCUT2D eigenvalue weighted by Crippen LogP contribution is -2.15. The number of rotatable bonds is 2. The van der Waals surface area contributed by atoms with E-state index in [-0.39, 0.29) is 5.91 Å². The minimum absolute atomic E-state index is 0.126. The van der Waals surface area contributed by atoms with E-state index in [0.29, 0.717) is 11.1 Å². The van der Waals surface area contributed by atoms with Crippen molar-refractivity contribution in [1.29, 1.82) is 5.26 Å². The third kappa shape index (κ3) is 2.80. The maximum Gasteiger partial charge on any atom is 0.255 e. The number of carbonyl (C=O) groups is 1. The summed E-state index contributed by atoms with van der Waals surface area (Å²) >= 11 is 0. The normalized spacial score (nSPS) is 13.1. The molecule has 2 aromatic carbocycles. The number of hydrogen-bond donors (Lipinski definition) is 1. The van der Waals surface area contributed by atoms with E-state index in [9.17, 15) is 4.79 Å². The van der Waals surface area contributed by atoms with Gasteiger partial charge in [-0.25, -0.2) is 0 Å². The van der Waals surface area contributed by atoms with Crippen molar-refractivity contribution in [3.8, 4) is 6.07 Å². The molecule has 0 heterocycles. The Morgan fingerprint density at radius 1 is 1.05 bits per heavy atom. The van der Waals surface area contributed by atoms with Gasteiger partial charge < -0.3 is 5.32 Å². The highest BCUT2D eigenvalue weighted by atomic mass is 16.1. The molecule has 0 aliphatic heterocycles. The SMILES string of the molecule is N#Cc1ccc(C(=O)Nc2cccc3c2CCCC3)cc1. The van der Waals surface area contributed by atoms with E-state index < -0.39 is 0 Å². The van der Waals surface area contributed by atoms with Crippen molar-refractivity contribution >= 4 is 11.6 Å². The van der Waals surface area contributed by atoms with Gasteiger partial charge in [0, 0.05) is 11.3 Å². The van der Waals surface area contributed by atoms with Crippen molar-refractivity contribution in [2.45, 2.75) is 25.7 Å². The molecule has 0 saturated carbocycles. The standard InChI is InChI=1S/C18H16N2O/c19-12-13-8-10-15(11-9-13)18(21)20-17-7-3-5-14-4-1-2-6-16(14)17/h3,5,7-11H,1-2,4,6H2,(H,20,21). The second-order valence-electron chi connectivity index (χ2n) is 5.29. The number of anilines is 1. The van der Waals surface area contributed by atoms with Crippen LogP contribution in [0.3, 0.4) is 0 Å². The Kier molecular flexibility index (Phi) is 3.70. The molecule has 2 aromatic rings. The van der Waals surface area contributed by atoms with Crippen molar-refractivity contribution in [2.24, 2.45) is 0 Å². The van der Waals surface area contributed by atoms with Crippen molar-refractivity contribution in [3.63, 3.8) is 0 Å². The second kappa shape index (κ2) is 5.80. The zero-order valence-electron chi connectivity index (χ0n) is 11.7. The van der Waals surface area contributed by atoms with Crippen molar-refractivity contribution in [1.82, 2.24) is 0 Å². The van der Waals surface area contributed by atoms with Gasteiger partial charge in [-0.15, -0.1) is 0 Å². The molecule has 3 heteroatoms. The van der Waals surface area contributed by atoms with Crippen LogP contribution in [0.5, 0.6) is 0 Å². The topological polar surface area (TPSA) is 52.9 Å². The maximum absolute atomic E-state index is 12.3. The van der Waals surface area contributed by atoms with Crippen molar-refractivity contribution in [2.75, 3.05) is 5.32 Å². The lowest BCUT2D eigenvalue weighted by Gasteiger charge is -2.19. The number of nitrogens with one attached hydrogen (secondary N) is 1. The van der Waals surface area contributed by atoms with Crippen LogP contribution in [0, 0.1) is 11.3 Å². The van der Waals surface area contributed by atoms with Crippen LogP contribution < -0.4 is 5.32 Å². The molecule has 1 aliphatic rings. The van der Waals surface area contributed by atoms with Crippen molar-refractivity contribution < 1.29 is 4.79 Å². The van der Waals surface area contributed by atoms with E-state index in [0.717, 1.165) is 18.5 Å². The summed E-state index contributed by atoms with van der Waals surface area (Å²) in [5, 5.41) is 11.8. The average Bonchev–Trinajstić information content (AvgIpc) is 2.55. The molecule has 0 spiro atoms. The summed E-state index contributed by atoms with van der Waals surface area (Å²) in [6.45, 7) is 0. The molecule has 0 aromatic heterocycles. The number of benzene rings is 2. The summed E-state index contributed by atoms with van der Waals surface area (Å²) in [4.78, 5) is 12.3. The number of nitrogens with zero attached hydrogens (tertiary/aromatic N) is 1. The molecular weight excluding hydrogens is 260 g/mol. The average molecular weight is 276 g/mol. The summed E-state index contributed by atoms with van der Waals surface area (Å²) in [7, 11) is 0. The third-order valence-corrected chi connectivity index (χ3v) is 3.92. The lowest BCUT2D eigenvalue weighted by molar-refractivity contribution is 0.102. The van der Waals surface area contributed by atoms with Gasteiger partial charge in [-0.3, -0.25) is 4.79 Å². The van der Waals surface area contributed by atoms with E-state index in [1.54, 1.807) is 24.3 Å². The number of amides is 1. The van der Waals surface area contributed by atoms with E-state index in [1.165, 1.54) is 24.0 Å². The molecule has 0 bridgehead atoms. The monoisotopic (exact) mass is 276 g/mol. The van der Waals surface area contributed by atoms with Crippen LogP contribution >= 0.6 is 0 Å². The van der Waals surface area contributed by atoms with Crippen LogP contribution in [0.4, 0.5) is 5.69 Å². The van der Waals surface area contributed by atoms with Crippen LogP contribution in [0.2, 0.25) is 0 Å². The Labute approximate surface area is 124 Å². The Hall–Kier alpha value is -2.60. The summed E-state index contributed by atoms with van der Waals surface area (Å²) in [6, 6.07) is 14.9. The first-order chi connectivity index (χ1) is 10.3. The van der Waals surface area contributed by atoms with E-state index in [1.807, 2.05) is 12.1 Å². The molecular formula is C18H16N2O. The fourth-order valence-corrected chi connectivity index (χ4v) is 2.79. The van der Waals surface area contributed by atoms with Crippen LogP contribution in [0.1, 0.15) is 39.9 Å². The predicted molar refractivity (Wildman–Crippen MR) is 82.2 cm³/mol. The highest BCUT2D eigenvalue weighted by molar-refractivity contribution is 6.04. The first kappa shape index (κ1) is 13.4. The molecule has 1 N–H and O–H groups in total. The van der Waals surface area contributed by atoms with Gasteiger partial charge in [0.15, 0.2) is 0 Å². The first-order valence-corrected chi connectivity index (χ1v) is 7.20. The fraction of sp³-hybridized carbons (Fsp3) is 0.222. The minimum Gasteiger partial charge on any atom is -0.322 e. The Bertz CT molecular complexity index is 711. The number of aryl methyl sites for hydroxylation is 1. The number of fused-ring (bicyclic) bond motifs is 1. The molecule has 0 saturated heterocycles. The minimum atomic E-state index is -0.126. The van der Waals surface area contributed by atoms with Gasteiger partial charge in [0.2, 0.25) is 0 Å². The molecule has 104 valence electrons. The van der Waals surface area contributed by atoms with Gasteiger partial charge in [0.1, 0.15) is 0 Å². The second-order valence-corrected chi connectivity index (χ2v) is 5.29. The molecule has 3 rings (SSSR count).